The quantitative estimate of drug-likeness (QED) is 0.624. The molecule has 0 bridgehead atoms. The van der Waals surface area contributed by atoms with Crippen molar-refractivity contribution in [2.45, 2.75) is 27.7 Å². The normalized spacial score (nSPS) is 12.2. The lowest BCUT2D eigenvalue weighted by atomic mass is 9.96. The number of hydrogen-bond acceptors (Lipinski definition) is 0. The van der Waals surface area contributed by atoms with Gasteiger partial charge in [-0.15, -0.1) is 0 Å². The predicted molar refractivity (Wildman–Crippen MR) is 80.5 cm³/mol. The lowest BCUT2D eigenvalue weighted by Crippen LogP contribution is -1.87. The van der Waals surface area contributed by atoms with Crippen molar-refractivity contribution in [1.82, 2.24) is 0 Å². The highest BCUT2D eigenvalue weighted by atomic mass is 14.1. The van der Waals surface area contributed by atoms with Crippen molar-refractivity contribution >= 4 is 11.1 Å². The summed E-state index contributed by atoms with van der Waals surface area (Å²) in [4.78, 5) is 0. The van der Waals surface area contributed by atoms with Crippen molar-refractivity contribution in [1.29, 1.82) is 0 Å². The van der Waals surface area contributed by atoms with E-state index in [9.17, 15) is 0 Å². The molecule has 0 heterocycles. The van der Waals surface area contributed by atoms with Crippen molar-refractivity contribution < 1.29 is 0 Å². The third kappa shape index (κ3) is 2.70. The van der Waals surface area contributed by atoms with Gasteiger partial charge < -0.3 is 0 Å². The molecule has 0 aliphatic carbocycles. The Labute approximate surface area is 110 Å². The van der Waals surface area contributed by atoms with Gasteiger partial charge in [0.2, 0.25) is 0 Å². The largest absolute Gasteiger partial charge is 0.0587 e. The summed E-state index contributed by atoms with van der Waals surface area (Å²) in [6.45, 7) is 8.63. The lowest BCUT2D eigenvalue weighted by molar-refractivity contribution is 1.42. The topological polar surface area (TPSA) is 0 Å². The molecule has 0 radical (unpaired) electrons. The molecule has 2 aromatic carbocycles. The number of aryl methyl sites for hydroxylation is 2. The average molecular weight is 236 g/mol. The molecule has 0 amide bonds. The molecule has 2 aromatic rings. The van der Waals surface area contributed by atoms with Crippen LogP contribution >= 0.6 is 0 Å². The van der Waals surface area contributed by atoms with Gasteiger partial charge in [-0.2, -0.15) is 0 Å². The van der Waals surface area contributed by atoms with Gasteiger partial charge in [0.15, 0.2) is 0 Å². The van der Waals surface area contributed by atoms with Crippen LogP contribution in [0.1, 0.15) is 36.1 Å². The minimum atomic E-state index is 1.30. The number of allylic oxidation sites excluding steroid dienone is 2. The van der Waals surface area contributed by atoms with Crippen LogP contribution in [0.2, 0.25) is 0 Å². The predicted octanol–water partition coefficient (Wildman–Crippen LogP) is 5.25. The Bertz CT molecular complexity index is 500. The second-order valence-electron chi connectivity index (χ2n) is 4.98. The Hall–Kier alpha value is -1.82. The number of rotatable bonds is 2. The first-order chi connectivity index (χ1) is 8.58. The van der Waals surface area contributed by atoms with E-state index in [0.717, 1.165) is 0 Å². The fraction of sp³-hybridized carbons (Fsp3) is 0.222. The monoisotopic (exact) mass is 236 g/mol. The highest BCUT2D eigenvalue weighted by Crippen LogP contribution is 2.25. The Balaban J connectivity index is 2.40. The van der Waals surface area contributed by atoms with Crippen molar-refractivity contribution in [3.05, 3.63) is 70.8 Å². The molecule has 18 heavy (non-hydrogen) atoms. The second kappa shape index (κ2) is 5.22. The fourth-order valence-electron chi connectivity index (χ4n) is 2.04. The van der Waals surface area contributed by atoms with Crippen LogP contribution in [-0.2, 0) is 0 Å². The van der Waals surface area contributed by atoms with Crippen molar-refractivity contribution in [3.8, 4) is 0 Å². The molecule has 2 rings (SSSR count). The third-order valence-corrected chi connectivity index (χ3v) is 3.53. The minimum Gasteiger partial charge on any atom is -0.0587 e. The summed E-state index contributed by atoms with van der Waals surface area (Å²) in [7, 11) is 0. The first-order valence-electron chi connectivity index (χ1n) is 6.39. The summed E-state index contributed by atoms with van der Waals surface area (Å²) >= 11 is 0. The highest BCUT2D eigenvalue weighted by molar-refractivity contribution is 5.88. The molecule has 0 heteroatoms. The summed E-state index contributed by atoms with van der Waals surface area (Å²) < 4.78 is 0. The Morgan fingerprint density at radius 3 is 1.11 bits per heavy atom. The van der Waals surface area contributed by atoms with Gasteiger partial charge in [-0.3, -0.25) is 0 Å². The Morgan fingerprint density at radius 2 is 0.833 bits per heavy atom. The molecule has 0 aliphatic heterocycles. The first kappa shape index (κ1) is 12.6. The van der Waals surface area contributed by atoms with Gasteiger partial charge in [0, 0.05) is 0 Å². The molecule has 0 atom stereocenters. The zero-order chi connectivity index (χ0) is 13.1. The van der Waals surface area contributed by atoms with Gasteiger partial charge in [0.05, 0.1) is 0 Å². The van der Waals surface area contributed by atoms with Crippen LogP contribution in [0.25, 0.3) is 11.1 Å². The molecule has 0 fully saturated rings. The van der Waals surface area contributed by atoms with E-state index in [2.05, 4.69) is 76.2 Å². The zero-order valence-electron chi connectivity index (χ0n) is 11.6. The molecule has 0 spiro atoms. The van der Waals surface area contributed by atoms with Gasteiger partial charge in [0.25, 0.3) is 0 Å². The van der Waals surface area contributed by atoms with Crippen molar-refractivity contribution in [3.63, 3.8) is 0 Å². The van der Waals surface area contributed by atoms with Crippen molar-refractivity contribution in [2.75, 3.05) is 0 Å². The molecule has 0 saturated carbocycles. The summed E-state index contributed by atoms with van der Waals surface area (Å²) in [5, 5.41) is 0. The molecular weight excluding hydrogens is 216 g/mol. The summed E-state index contributed by atoms with van der Waals surface area (Å²) in [5.74, 6) is 0. The van der Waals surface area contributed by atoms with Crippen LogP contribution in [0.3, 0.4) is 0 Å². The van der Waals surface area contributed by atoms with Crippen LogP contribution < -0.4 is 0 Å². The SMILES string of the molecule is C/C(=C(\C)c1ccc(C)cc1)c1ccc(C)cc1. The summed E-state index contributed by atoms with van der Waals surface area (Å²) in [6.07, 6.45) is 0. The van der Waals surface area contributed by atoms with Crippen LogP contribution in [0.5, 0.6) is 0 Å². The highest BCUT2D eigenvalue weighted by Gasteiger charge is 2.02. The van der Waals surface area contributed by atoms with E-state index < -0.39 is 0 Å². The standard InChI is InChI=1S/C18H20/c1-13-5-9-17(10-6-13)15(3)16(4)18-11-7-14(2)8-12-18/h5-12H,1-4H3/b16-15-. The molecule has 0 N–H and O–H groups in total. The first-order valence-corrected chi connectivity index (χ1v) is 6.39. The van der Waals surface area contributed by atoms with Gasteiger partial charge in [-0.1, -0.05) is 59.7 Å². The molecule has 0 unspecified atom stereocenters. The Morgan fingerprint density at radius 1 is 0.556 bits per heavy atom. The average Bonchev–Trinajstić information content (AvgIpc) is 2.39. The second-order valence-corrected chi connectivity index (χ2v) is 4.98. The molecule has 0 aliphatic rings. The number of hydrogen-bond donors (Lipinski definition) is 0. The van der Waals surface area contributed by atoms with E-state index >= 15 is 0 Å². The van der Waals surface area contributed by atoms with E-state index in [-0.39, 0.29) is 0 Å². The maximum atomic E-state index is 2.20. The van der Waals surface area contributed by atoms with E-state index in [1.54, 1.807) is 0 Å². The van der Waals surface area contributed by atoms with Crippen LogP contribution in [0.4, 0.5) is 0 Å². The van der Waals surface area contributed by atoms with Gasteiger partial charge in [0.1, 0.15) is 0 Å². The molecular formula is C18H20. The van der Waals surface area contributed by atoms with Crippen LogP contribution in [0.15, 0.2) is 48.5 Å². The van der Waals surface area contributed by atoms with E-state index in [1.807, 2.05) is 0 Å². The smallest absolute Gasteiger partial charge is 0.0224 e. The van der Waals surface area contributed by atoms with E-state index in [1.165, 1.54) is 33.4 Å². The van der Waals surface area contributed by atoms with E-state index in [4.69, 9.17) is 0 Å². The molecule has 0 aromatic heterocycles. The Kier molecular flexibility index (Phi) is 3.66. The third-order valence-electron chi connectivity index (χ3n) is 3.53. The molecule has 0 saturated heterocycles. The maximum Gasteiger partial charge on any atom is -0.0224 e. The van der Waals surface area contributed by atoms with Gasteiger partial charge in [-0.05, 0) is 50.0 Å². The minimum absolute atomic E-state index is 1.30. The number of benzene rings is 2. The molecule has 0 nitrogen and oxygen atoms in total. The van der Waals surface area contributed by atoms with Crippen LogP contribution in [-0.4, -0.2) is 0 Å². The fourth-order valence-corrected chi connectivity index (χ4v) is 2.04. The van der Waals surface area contributed by atoms with Crippen molar-refractivity contribution in [2.24, 2.45) is 0 Å². The maximum absolute atomic E-state index is 2.20. The van der Waals surface area contributed by atoms with E-state index in [0.29, 0.717) is 0 Å². The van der Waals surface area contributed by atoms with Gasteiger partial charge in [-0.25, -0.2) is 0 Å². The zero-order valence-corrected chi connectivity index (χ0v) is 11.6. The van der Waals surface area contributed by atoms with Crippen LogP contribution in [0, 0.1) is 13.8 Å². The lowest BCUT2D eigenvalue weighted by Gasteiger charge is -2.09. The summed E-state index contributed by atoms with van der Waals surface area (Å²) in [6, 6.07) is 17.5. The van der Waals surface area contributed by atoms with Gasteiger partial charge >= 0.3 is 0 Å². The summed E-state index contributed by atoms with van der Waals surface area (Å²) in [5.41, 5.74) is 7.91. The molecule has 92 valence electrons.